The van der Waals surface area contributed by atoms with Gasteiger partial charge in [-0.05, 0) is 52.0 Å². The van der Waals surface area contributed by atoms with Crippen molar-refractivity contribution in [2.75, 3.05) is 6.54 Å². The fraction of sp³-hybridized carbons (Fsp3) is 0.250. The van der Waals surface area contributed by atoms with Crippen LogP contribution in [0.2, 0.25) is 0 Å². The second-order valence-electron chi connectivity index (χ2n) is 10.6. The van der Waals surface area contributed by atoms with Crippen LogP contribution in [0.25, 0.3) is 5.65 Å². The second kappa shape index (κ2) is 14.1. The van der Waals surface area contributed by atoms with Crippen molar-refractivity contribution in [2.45, 2.75) is 37.9 Å². The summed E-state index contributed by atoms with van der Waals surface area (Å²) in [5.41, 5.74) is 2.22. The molecule has 4 N–H and O–H groups in total. The lowest BCUT2D eigenvalue weighted by Gasteiger charge is -2.24. The summed E-state index contributed by atoms with van der Waals surface area (Å²) in [6.45, 7) is 0.569. The molecule has 3 heterocycles. The van der Waals surface area contributed by atoms with Crippen LogP contribution in [-0.2, 0) is 32.1 Å². The number of nitrogens with zero attached hydrogens (tertiary/aromatic N) is 2. The van der Waals surface area contributed by atoms with Gasteiger partial charge in [0.25, 0.3) is 11.8 Å². The molecule has 0 radical (unpaired) electrons. The number of nitrogens with one attached hydrogen (secondary N) is 4. The summed E-state index contributed by atoms with van der Waals surface area (Å²) in [5, 5.41) is 10.8. The van der Waals surface area contributed by atoms with Crippen molar-refractivity contribution in [3.05, 3.63) is 106 Å². The summed E-state index contributed by atoms with van der Waals surface area (Å²) in [7, 11) is 0. The SMILES string of the molecule is O=C(NCc1ccccc1)C(=O)[C@H](C[C@@H]1CCNC1=O)NC(=O)[C@H](Cc1ccccc1)NC(=O)c1cn2cc(Br)ccc2n1. The van der Waals surface area contributed by atoms with Crippen LogP contribution in [0.4, 0.5) is 0 Å². The predicted octanol–water partition coefficient (Wildman–Crippen LogP) is 2.33. The van der Waals surface area contributed by atoms with Crippen LogP contribution in [-0.4, -0.2) is 57.4 Å². The van der Waals surface area contributed by atoms with E-state index in [1.54, 1.807) is 28.9 Å². The molecule has 0 saturated carbocycles. The van der Waals surface area contributed by atoms with Crippen molar-refractivity contribution >= 4 is 51.0 Å². The van der Waals surface area contributed by atoms with Gasteiger partial charge in [0.1, 0.15) is 17.4 Å². The number of amides is 4. The molecule has 226 valence electrons. The Kier molecular flexibility index (Phi) is 9.80. The lowest BCUT2D eigenvalue weighted by Crippen LogP contribution is -2.55. The zero-order valence-corrected chi connectivity index (χ0v) is 25.3. The first kappa shape index (κ1) is 30.6. The van der Waals surface area contributed by atoms with Gasteiger partial charge in [0, 0.05) is 42.3 Å². The van der Waals surface area contributed by atoms with Gasteiger partial charge in [0.05, 0.1) is 6.04 Å². The van der Waals surface area contributed by atoms with Gasteiger partial charge in [-0.1, -0.05) is 60.7 Å². The fourth-order valence-corrected chi connectivity index (χ4v) is 5.40. The Morgan fingerprint density at radius 3 is 2.30 bits per heavy atom. The molecule has 11 nitrogen and oxygen atoms in total. The molecule has 0 spiro atoms. The average Bonchev–Trinajstić information content (AvgIpc) is 3.65. The number of pyridine rings is 1. The minimum atomic E-state index is -1.28. The molecule has 1 saturated heterocycles. The molecule has 5 rings (SSSR count). The molecule has 0 unspecified atom stereocenters. The van der Waals surface area contributed by atoms with E-state index in [2.05, 4.69) is 42.2 Å². The maximum Gasteiger partial charge on any atom is 0.289 e. The number of fused-ring (bicyclic) bond motifs is 1. The van der Waals surface area contributed by atoms with Gasteiger partial charge in [-0.3, -0.25) is 24.0 Å². The standard InChI is InChI=1S/C32H31BrN6O5/c33-23-11-12-27-36-26(19-39(27)18-23)31(43)38-25(15-20-7-3-1-4-8-20)30(42)37-24(16-22-13-14-34-29(22)41)28(40)32(44)35-17-21-9-5-2-6-10-21/h1-12,18-19,22,24-25H,13-17H2,(H,34,41)(H,35,44)(H,37,42)(H,38,43)/t22-,24-,25-/m0/s1. The lowest BCUT2D eigenvalue weighted by atomic mass is 9.94. The number of benzene rings is 2. The Hall–Kier alpha value is -4.84. The van der Waals surface area contributed by atoms with Crippen LogP contribution in [0, 0.1) is 5.92 Å². The number of Topliss-reactive ketones (excluding diaryl/α,β-unsaturated/α-hetero) is 1. The van der Waals surface area contributed by atoms with Crippen LogP contribution >= 0.6 is 15.9 Å². The first-order valence-electron chi connectivity index (χ1n) is 14.2. The zero-order valence-electron chi connectivity index (χ0n) is 23.7. The fourth-order valence-electron chi connectivity index (χ4n) is 5.05. The Labute approximate surface area is 261 Å². The highest BCUT2D eigenvalue weighted by Gasteiger charge is 2.35. The number of rotatable bonds is 12. The lowest BCUT2D eigenvalue weighted by molar-refractivity contribution is -0.141. The third kappa shape index (κ3) is 7.75. The number of imidazole rings is 1. The number of hydrogen-bond donors (Lipinski definition) is 4. The molecule has 1 aliphatic rings. The average molecular weight is 660 g/mol. The molecular formula is C32H31BrN6O5. The van der Waals surface area contributed by atoms with Gasteiger partial charge in [0.2, 0.25) is 17.6 Å². The molecule has 0 aliphatic carbocycles. The van der Waals surface area contributed by atoms with Crippen LogP contribution in [0.3, 0.4) is 0 Å². The van der Waals surface area contributed by atoms with E-state index in [0.29, 0.717) is 18.6 Å². The van der Waals surface area contributed by atoms with E-state index in [-0.39, 0.29) is 31.0 Å². The topological polar surface area (TPSA) is 151 Å². The quantitative estimate of drug-likeness (QED) is 0.172. The van der Waals surface area contributed by atoms with Gasteiger partial charge >= 0.3 is 0 Å². The first-order chi connectivity index (χ1) is 21.3. The van der Waals surface area contributed by atoms with E-state index in [0.717, 1.165) is 15.6 Å². The molecule has 4 aromatic rings. The molecule has 2 aromatic heterocycles. The van der Waals surface area contributed by atoms with E-state index in [1.165, 1.54) is 0 Å². The second-order valence-corrected chi connectivity index (χ2v) is 11.5. The summed E-state index contributed by atoms with van der Waals surface area (Å²) < 4.78 is 2.48. The largest absolute Gasteiger partial charge is 0.356 e. The van der Waals surface area contributed by atoms with Gasteiger partial charge in [-0.2, -0.15) is 0 Å². The van der Waals surface area contributed by atoms with Gasteiger partial charge in [-0.15, -0.1) is 0 Å². The smallest absolute Gasteiger partial charge is 0.289 e. The number of carbonyl (C=O) groups is 5. The maximum atomic E-state index is 13.8. The molecule has 4 amide bonds. The maximum absolute atomic E-state index is 13.8. The van der Waals surface area contributed by atoms with Crippen LogP contribution in [0.1, 0.15) is 34.5 Å². The third-order valence-electron chi connectivity index (χ3n) is 7.39. The Balaban J connectivity index is 1.35. The van der Waals surface area contributed by atoms with Gasteiger partial charge < -0.3 is 25.7 Å². The molecule has 1 aliphatic heterocycles. The van der Waals surface area contributed by atoms with E-state index >= 15 is 0 Å². The highest BCUT2D eigenvalue weighted by atomic mass is 79.9. The van der Waals surface area contributed by atoms with Crippen LogP contribution in [0.5, 0.6) is 0 Å². The third-order valence-corrected chi connectivity index (χ3v) is 7.86. The van der Waals surface area contributed by atoms with E-state index in [1.807, 2.05) is 60.7 Å². The van der Waals surface area contributed by atoms with E-state index in [4.69, 9.17) is 0 Å². The van der Waals surface area contributed by atoms with Crippen molar-refractivity contribution in [1.29, 1.82) is 0 Å². The van der Waals surface area contributed by atoms with Crippen LogP contribution < -0.4 is 21.3 Å². The Morgan fingerprint density at radius 2 is 1.61 bits per heavy atom. The summed E-state index contributed by atoms with van der Waals surface area (Å²) in [5.74, 6) is -3.79. The monoisotopic (exact) mass is 658 g/mol. The highest BCUT2D eigenvalue weighted by Crippen LogP contribution is 2.18. The molecule has 2 aromatic carbocycles. The number of halogens is 1. The van der Waals surface area contributed by atoms with Gasteiger partial charge in [0.15, 0.2) is 0 Å². The number of carbonyl (C=O) groups excluding carboxylic acids is 5. The van der Waals surface area contributed by atoms with E-state index in [9.17, 15) is 24.0 Å². The molecule has 3 atom stereocenters. The normalized spacial score (nSPS) is 15.7. The first-order valence-corrected chi connectivity index (χ1v) is 15.0. The zero-order chi connectivity index (χ0) is 31.1. The summed E-state index contributed by atoms with van der Waals surface area (Å²) >= 11 is 3.39. The minimum absolute atomic E-state index is 0.0531. The predicted molar refractivity (Wildman–Crippen MR) is 165 cm³/mol. The summed E-state index contributed by atoms with van der Waals surface area (Å²) in [6, 6.07) is 19.3. The Bertz CT molecular complexity index is 1680. The van der Waals surface area contributed by atoms with E-state index < -0.39 is 41.5 Å². The Morgan fingerprint density at radius 1 is 0.909 bits per heavy atom. The summed E-state index contributed by atoms with van der Waals surface area (Å²) in [6.07, 6.45) is 3.84. The van der Waals surface area contributed by atoms with Crippen molar-refractivity contribution in [3.8, 4) is 0 Å². The van der Waals surface area contributed by atoms with Crippen molar-refractivity contribution in [2.24, 2.45) is 5.92 Å². The van der Waals surface area contributed by atoms with Crippen LogP contribution in [0.15, 0.2) is 89.7 Å². The minimum Gasteiger partial charge on any atom is -0.356 e. The highest BCUT2D eigenvalue weighted by molar-refractivity contribution is 9.10. The van der Waals surface area contributed by atoms with Crippen molar-refractivity contribution < 1.29 is 24.0 Å². The van der Waals surface area contributed by atoms with Crippen molar-refractivity contribution in [3.63, 3.8) is 0 Å². The summed E-state index contributed by atoms with van der Waals surface area (Å²) in [4.78, 5) is 70.1. The van der Waals surface area contributed by atoms with Gasteiger partial charge in [-0.25, -0.2) is 4.98 Å². The van der Waals surface area contributed by atoms with Crippen molar-refractivity contribution in [1.82, 2.24) is 30.7 Å². The molecule has 0 bridgehead atoms. The number of aromatic nitrogens is 2. The molecular weight excluding hydrogens is 628 g/mol. The number of hydrogen-bond acceptors (Lipinski definition) is 6. The molecule has 1 fully saturated rings. The number of ketones is 1. The molecule has 44 heavy (non-hydrogen) atoms. The molecule has 12 heteroatoms.